The lowest BCUT2D eigenvalue weighted by atomic mass is 9.90. The minimum Gasteiger partial charge on any atom is -0.508 e. The molecule has 3 aromatic carbocycles. The third-order valence-electron chi connectivity index (χ3n) is 23.8. The number of primary amides is 2. The number of aliphatic hydroxyl groups is 1. The number of phenolic OH excluding ortho intramolecular Hbond substituents is 1. The lowest BCUT2D eigenvalue weighted by Gasteiger charge is -2.36. The highest BCUT2D eigenvalue weighted by atomic mass is 32.2. The van der Waals surface area contributed by atoms with E-state index < -0.39 is 254 Å². The van der Waals surface area contributed by atoms with Gasteiger partial charge in [0.1, 0.15) is 78.3 Å². The summed E-state index contributed by atoms with van der Waals surface area (Å²) in [5.41, 5.74) is 26.3. The molecule has 5 heterocycles. The van der Waals surface area contributed by atoms with Crippen LogP contribution in [0.25, 0.3) is 21.8 Å². The summed E-state index contributed by atoms with van der Waals surface area (Å²) in [5, 5.41) is 56.4. The van der Waals surface area contributed by atoms with Gasteiger partial charge in [-0.15, -0.1) is 11.8 Å². The molecule has 0 saturated carbocycles. The number of aliphatic carboxylic acids is 1. The first kappa shape index (κ1) is 104. The highest BCUT2D eigenvalue weighted by Crippen LogP contribution is 2.30. The fourth-order valence-corrected chi connectivity index (χ4v) is 17.3. The molecule has 0 unspecified atom stereocenters. The predicted octanol–water partition coefficient (Wildman–Crippen LogP) is -1.89. The number of rotatable bonds is 25. The highest BCUT2D eigenvalue weighted by molar-refractivity contribution is 8.00. The number of aromatic hydroxyl groups is 1. The summed E-state index contributed by atoms with van der Waals surface area (Å²) < 4.78 is 0. The molecule has 3 fully saturated rings. The highest BCUT2D eigenvalue weighted by Gasteiger charge is 2.47. The molecule has 8 rings (SSSR count). The summed E-state index contributed by atoms with van der Waals surface area (Å²) in [5.74, 6) is -20.1. The van der Waals surface area contributed by atoms with Gasteiger partial charge in [-0.2, -0.15) is 0 Å². The molecule has 15 atom stereocenters. The van der Waals surface area contributed by atoms with E-state index in [1.54, 1.807) is 81.7 Å². The molecule has 3 aliphatic heterocycles. The number of benzene rings is 3. The van der Waals surface area contributed by atoms with Crippen molar-refractivity contribution in [1.29, 1.82) is 0 Å². The number of hydrogen-bond acceptors (Lipinski definition) is 23. The van der Waals surface area contributed by atoms with Crippen LogP contribution in [0.2, 0.25) is 0 Å². The topological polar surface area (TPSA) is 628 Å². The first-order valence-corrected chi connectivity index (χ1v) is 45.4. The number of Topliss-reactive ketones (excluding diaryl/α,β-unsaturated/α-hetero) is 1. The first-order valence-electron chi connectivity index (χ1n) is 44.2. The molecule has 3 aliphatic rings. The Bertz CT molecular complexity index is 4930. The second kappa shape index (κ2) is 49.4. The van der Waals surface area contributed by atoms with E-state index in [0.29, 0.717) is 69.5 Å². The van der Waals surface area contributed by atoms with Crippen molar-refractivity contribution in [2.24, 2.45) is 34.8 Å². The molecule has 42 heteroatoms. The van der Waals surface area contributed by atoms with Crippen molar-refractivity contribution < 1.29 is 102 Å². The van der Waals surface area contributed by atoms with E-state index in [9.17, 15) is 68.1 Å². The van der Waals surface area contributed by atoms with Crippen molar-refractivity contribution in [1.82, 2.24) is 82.3 Å². The molecular formula is C89H126N20O21S. The Hall–Kier alpha value is -12.6. The minimum absolute atomic E-state index is 0.0127. The number of aromatic amines is 2. The number of aromatic nitrogens is 2. The maximum atomic E-state index is 15.8. The maximum Gasteiger partial charge on any atom is 0.303 e. The number of fused-ring (bicyclic) bond motifs is 4. The number of unbranched alkanes of at least 4 members (excludes halogenated alkanes) is 2. The largest absolute Gasteiger partial charge is 0.508 e. The van der Waals surface area contributed by atoms with Gasteiger partial charge in [-0.25, -0.2) is 0 Å². The van der Waals surface area contributed by atoms with Gasteiger partial charge in [0.05, 0.1) is 30.9 Å². The summed E-state index contributed by atoms with van der Waals surface area (Å²) in [6, 6.07) is -0.243. The Kier molecular flexibility index (Phi) is 39.2. The van der Waals surface area contributed by atoms with Gasteiger partial charge >= 0.3 is 5.97 Å². The smallest absolute Gasteiger partial charge is 0.303 e. The van der Waals surface area contributed by atoms with Crippen LogP contribution in [0, 0.1) is 11.8 Å². The zero-order chi connectivity index (χ0) is 96.2. The Morgan fingerprint density at radius 2 is 1.10 bits per heavy atom. The summed E-state index contributed by atoms with van der Waals surface area (Å²) in [6.07, 6.45) is -0.418. The van der Waals surface area contributed by atoms with E-state index in [-0.39, 0.29) is 95.4 Å². The van der Waals surface area contributed by atoms with E-state index in [0.717, 1.165) is 24.5 Å². The molecule has 131 heavy (non-hydrogen) atoms. The first-order chi connectivity index (χ1) is 62.3. The molecule has 2 aromatic heterocycles. The van der Waals surface area contributed by atoms with Gasteiger partial charge in [-0.3, -0.25) is 86.3 Å². The number of aliphatic hydroxyl groups excluding tert-OH is 1. The Morgan fingerprint density at radius 3 is 1.70 bits per heavy atom. The van der Waals surface area contributed by atoms with Crippen molar-refractivity contribution in [3.63, 3.8) is 0 Å². The van der Waals surface area contributed by atoms with Gasteiger partial charge in [0.2, 0.25) is 94.5 Å². The molecule has 0 aliphatic carbocycles. The number of carboxylic acid groups (broad SMARTS) is 1. The molecule has 22 N–H and O–H groups in total. The minimum atomic E-state index is -1.78. The SMILES string of the molecule is CCCC[C@H]1C(=O)N(C)[C@@H](CCCC)C(=O)N[C@@H](CCC(=O)O)C(=O)N[C@H](C(=O)NCC(N)=O)CSCC(=O)N[C@@H](Cc2ccc(O)cc2)C(=O)N(C)[C@@H](C)C(=O)N[C@@H](CC(N)=O)C(=O)N2CCC[C@H]2C(=O)N[C@@H](CN)C(=O)N[C@@H](CC(C)C)C(=O)N2C[C@H](O)C[C@H]2C(=O)C[C@@H](Cc2c[nH]c3ccccc23)C(=O)N[C@@H](CCN)C(=O)N[C@@H](Cc2c[nH]c3ccccc23)C(=O)N1C. The van der Waals surface area contributed by atoms with E-state index in [1.807, 2.05) is 6.92 Å². The average Bonchev–Trinajstić information content (AvgIpc) is 1.50. The molecule has 714 valence electrons. The number of nitrogens with one attached hydrogen (secondary N) is 11. The van der Waals surface area contributed by atoms with Gasteiger partial charge in [0.15, 0.2) is 5.78 Å². The fraction of sp³-hybridized carbons (Fsp3) is 0.551. The third-order valence-corrected chi connectivity index (χ3v) is 24.8. The van der Waals surface area contributed by atoms with Crippen LogP contribution in [-0.2, 0) is 106 Å². The second-order valence-electron chi connectivity index (χ2n) is 34.1. The lowest BCUT2D eigenvalue weighted by Crippen LogP contribution is -2.61. The summed E-state index contributed by atoms with van der Waals surface area (Å²) in [6.45, 7) is 6.32. The van der Waals surface area contributed by atoms with Crippen LogP contribution in [0.4, 0.5) is 0 Å². The van der Waals surface area contributed by atoms with Gasteiger partial charge in [0, 0.05) is 119 Å². The van der Waals surface area contributed by atoms with Crippen molar-refractivity contribution >= 4 is 140 Å². The number of H-pyrrole nitrogens is 2. The number of phenols is 1. The lowest BCUT2D eigenvalue weighted by molar-refractivity contribution is -0.149. The zero-order valence-corrected chi connectivity index (χ0v) is 76.0. The van der Waals surface area contributed by atoms with Gasteiger partial charge in [-0.1, -0.05) is 102 Å². The van der Waals surface area contributed by atoms with E-state index in [4.69, 9.17) is 22.9 Å². The normalized spacial score (nSPS) is 25.3. The standard InChI is InChI=1S/C89H126N20O21S/c1-9-11-22-68-83(124)99-60(29-30-76(116)117)80(121)104-67(79(120)96-44-74(93)114)46-131-47-75(115)97-63(35-50-25-27-54(110)28-26-50)85(126)105(6)49(5)77(118)100-65(40-73(92)113)87(128)108-33-17-24-69(108)84(125)103-66(41-91)82(123)101-62(34-48(3)4)88(129)109-45-55(111)39-71(109)72(112)38-51(36-52-42-94-58-20-15-13-18-56(52)58)78(119)98-61(31-32-90)81(122)102-64(37-53-43-95-59-21-16-14-19-57(53)59)86(127)107(8)70(23-12-10-2)89(130)106(68)7/h13-16,18-21,25-28,42-43,48-49,51,55,60-71,94-95,110-111H,9-12,17,22-24,29-41,44-47,90-91H2,1-8H3,(H2,92,113)(H2,93,114)(H,96,120)(H,97,115)(H,98,119)(H,99,124)(H,100,118)(H,101,123)(H,102,122)(H,103,125)(H,104,121)(H,116,117)/t49-,51+,55+,60-,61-,62-,63-,64-,65-,66-,67-,68-,69-,70-,71-/m0/s1. The van der Waals surface area contributed by atoms with Gasteiger partial charge in [-0.05, 0) is 112 Å². The monoisotopic (exact) mass is 1840 g/mol. The van der Waals surface area contributed by atoms with E-state index >= 15 is 33.6 Å². The van der Waals surface area contributed by atoms with Crippen molar-refractivity contribution in [3.05, 3.63) is 102 Å². The number of thioether (sulfide) groups is 1. The number of hydrogen-bond donors (Lipinski definition) is 18. The fourth-order valence-electron chi connectivity index (χ4n) is 16.5. The van der Waals surface area contributed by atoms with E-state index in [2.05, 4.69) is 57.8 Å². The van der Waals surface area contributed by atoms with Crippen LogP contribution in [0.3, 0.4) is 0 Å². The van der Waals surface area contributed by atoms with Crippen LogP contribution in [-0.4, -0.2) is 306 Å². The van der Waals surface area contributed by atoms with Gasteiger partial charge < -0.3 is 121 Å². The zero-order valence-electron chi connectivity index (χ0n) is 75.1. The Labute approximate surface area is 762 Å². The molecule has 3 saturated heterocycles. The number of carboxylic acids is 1. The maximum absolute atomic E-state index is 15.8. The third kappa shape index (κ3) is 29.0. The summed E-state index contributed by atoms with van der Waals surface area (Å²) in [4.78, 5) is 273. The molecule has 0 spiro atoms. The van der Waals surface area contributed by atoms with E-state index in [1.165, 1.54) is 52.3 Å². The van der Waals surface area contributed by atoms with Crippen molar-refractivity contribution in [3.8, 4) is 5.75 Å². The number of carbonyl (C=O) groups excluding carboxylic acids is 17. The number of nitrogens with zero attached hydrogens (tertiary/aromatic N) is 5. The summed E-state index contributed by atoms with van der Waals surface area (Å²) >= 11 is 0.714. The molecule has 5 aromatic rings. The predicted molar refractivity (Wildman–Crippen MR) is 482 cm³/mol. The van der Waals surface area contributed by atoms with Crippen molar-refractivity contribution in [2.45, 2.75) is 235 Å². The van der Waals surface area contributed by atoms with Crippen LogP contribution in [0.15, 0.2) is 85.2 Å². The van der Waals surface area contributed by atoms with Crippen LogP contribution >= 0.6 is 11.8 Å². The number of nitrogens with two attached hydrogens (primary N) is 4. The molecule has 0 radical (unpaired) electrons. The van der Waals surface area contributed by atoms with Crippen LogP contribution < -0.4 is 70.8 Å². The number of para-hydroxylation sites is 2. The number of carbonyl (C=O) groups is 18. The number of ketones is 1. The molecule has 16 amide bonds. The van der Waals surface area contributed by atoms with Crippen LogP contribution in [0.5, 0.6) is 5.75 Å². The molecule has 41 nitrogen and oxygen atoms in total. The number of amides is 16. The number of likely N-dealkylation sites (N-methyl/N-ethyl adjacent to an activating group) is 3. The molecule has 0 bridgehead atoms. The molecular weight excluding hydrogens is 1720 g/mol. The quantitative estimate of drug-likeness (QED) is 0.0304. The Morgan fingerprint density at radius 1 is 0.557 bits per heavy atom. The van der Waals surface area contributed by atoms with Crippen molar-refractivity contribution in [2.75, 3.05) is 65.4 Å². The Balaban J connectivity index is 1.19. The second-order valence-corrected chi connectivity index (χ2v) is 35.1. The van der Waals surface area contributed by atoms with Gasteiger partial charge in [0.25, 0.3) is 0 Å². The van der Waals surface area contributed by atoms with Crippen LogP contribution in [0.1, 0.15) is 148 Å². The summed E-state index contributed by atoms with van der Waals surface area (Å²) in [7, 11) is 3.86. The average molecular weight is 1840 g/mol.